The highest BCUT2D eigenvalue weighted by molar-refractivity contribution is 5.88. The predicted molar refractivity (Wildman–Crippen MR) is 147 cm³/mol. The number of likely N-dealkylation sites (N-methyl/N-ethyl adjacent to an activating group) is 1. The van der Waals surface area contributed by atoms with Crippen LogP contribution in [-0.4, -0.2) is 42.5 Å². The normalized spacial score (nSPS) is 11.5. The van der Waals surface area contributed by atoms with Crippen LogP contribution in [0.1, 0.15) is 43.9 Å². The summed E-state index contributed by atoms with van der Waals surface area (Å²) in [5.74, 6) is 0.386. The molecule has 3 rings (SSSR count). The molecule has 0 bridgehead atoms. The van der Waals surface area contributed by atoms with Crippen molar-refractivity contribution in [3.8, 4) is 11.5 Å². The lowest BCUT2D eigenvalue weighted by Gasteiger charge is -2.31. The van der Waals surface area contributed by atoms with Gasteiger partial charge in [0.15, 0.2) is 11.5 Å². The van der Waals surface area contributed by atoms with E-state index in [2.05, 4.69) is 5.32 Å². The van der Waals surface area contributed by atoms with Gasteiger partial charge in [0.2, 0.25) is 11.8 Å². The van der Waals surface area contributed by atoms with Crippen LogP contribution in [0.2, 0.25) is 0 Å². The Labute approximate surface area is 224 Å². The zero-order valence-electron chi connectivity index (χ0n) is 22.4. The van der Waals surface area contributed by atoms with E-state index in [-0.39, 0.29) is 24.8 Å². The van der Waals surface area contributed by atoms with Gasteiger partial charge in [-0.15, -0.1) is 0 Å². The van der Waals surface area contributed by atoms with E-state index < -0.39 is 11.9 Å². The van der Waals surface area contributed by atoms with Crippen LogP contribution >= 0.6 is 0 Å². The minimum atomic E-state index is -0.788. The van der Waals surface area contributed by atoms with Crippen molar-refractivity contribution < 1.29 is 23.5 Å². The third kappa shape index (κ3) is 8.07. The summed E-state index contributed by atoms with van der Waals surface area (Å²) in [6.45, 7) is 7.08. The summed E-state index contributed by atoms with van der Waals surface area (Å²) in [5.41, 5.74) is 2.19. The van der Waals surface area contributed by atoms with E-state index in [0.717, 1.165) is 11.1 Å². The molecule has 0 heterocycles. The topological polar surface area (TPSA) is 67.9 Å². The number of ether oxygens (including phenoxy) is 2. The molecular weight excluding hydrogens is 483 g/mol. The largest absolute Gasteiger partial charge is 0.490 e. The molecular formula is C31H37FN2O4. The Bertz CT molecular complexity index is 1190. The van der Waals surface area contributed by atoms with Gasteiger partial charge in [-0.2, -0.15) is 0 Å². The molecule has 0 radical (unpaired) electrons. The minimum Gasteiger partial charge on any atom is -0.490 e. The monoisotopic (exact) mass is 520 g/mol. The van der Waals surface area contributed by atoms with Gasteiger partial charge in [0.05, 0.1) is 13.2 Å². The third-order valence-corrected chi connectivity index (χ3v) is 6.16. The molecule has 38 heavy (non-hydrogen) atoms. The Hall–Kier alpha value is -3.87. The van der Waals surface area contributed by atoms with E-state index in [1.54, 1.807) is 18.2 Å². The summed E-state index contributed by atoms with van der Waals surface area (Å²) in [7, 11) is 0. The quantitative estimate of drug-likeness (QED) is 0.312. The first-order valence-electron chi connectivity index (χ1n) is 13.2. The highest BCUT2D eigenvalue weighted by atomic mass is 19.1. The summed E-state index contributed by atoms with van der Waals surface area (Å²) in [6, 6.07) is 20.7. The van der Waals surface area contributed by atoms with Gasteiger partial charge >= 0.3 is 0 Å². The second kappa shape index (κ2) is 14.8. The molecule has 0 unspecified atom stereocenters. The molecule has 0 fully saturated rings. The lowest BCUT2D eigenvalue weighted by Crippen LogP contribution is -2.50. The molecule has 0 saturated heterocycles. The Balaban J connectivity index is 1.88. The Morgan fingerprint density at radius 3 is 2.24 bits per heavy atom. The third-order valence-electron chi connectivity index (χ3n) is 6.16. The number of carbonyl (C=O) groups excluding carboxylic acids is 2. The molecule has 0 aliphatic carbocycles. The van der Waals surface area contributed by atoms with Crippen molar-refractivity contribution in [2.45, 2.75) is 52.6 Å². The lowest BCUT2D eigenvalue weighted by molar-refractivity contribution is -0.141. The average molecular weight is 521 g/mol. The van der Waals surface area contributed by atoms with Crippen LogP contribution in [0.15, 0.2) is 72.8 Å². The molecule has 3 aromatic rings. The van der Waals surface area contributed by atoms with Crippen molar-refractivity contribution in [3.63, 3.8) is 0 Å². The second-order valence-corrected chi connectivity index (χ2v) is 8.86. The Morgan fingerprint density at radius 1 is 0.868 bits per heavy atom. The van der Waals surface area contributed by atoms with Gasteiger partial charge in [0, 0.05) is 31.5 Å². The van der Waals surface area contributed by atoms with E-state index in [9.17, 15) is 14.0 Å². The van der Waals surface area contributed by atoms with Crippen LogP contribution in [-0.2, 0) is 29.0 Å². The van der Waals surface area contributed by atoms with Gasteiger partial charge in [-0.05, 0) is 56.5 Å². The van der Waals surface area contributed by atoms with Crippen LogP contribution in [0, 0.1) is 5.82 Å². The van der Waals surface area contributed by atoms with Gasteiger partial charge in [-0.1, -0.05) is 54.6 Å². The number of hydrogen-bond donors (Lipinski definition) is 1. The van der Waals surface area contributed by atoms with Gasteiger partial charge in [0.25, 0.3) is 0 Å². The maximum atomic E-state index is 14.7. The van der Waals surface area contributed by atoms with Crippen LogP contribution in [0.4, 0.5) is 4.39 Å². The second-order valence-electron chi connectivity index (χ2n) is 8.86. The summed E-state index contributed by atoms with van der Waals surface area (Å²) in [5, 5.41) is 2.86. The maximum absolute atomic E-state index is 14.7. The Morgan fingerprint density at radius 2 is 1.55 bits per heavy atom. The fourth-order valence-corrected chi connectivity index (χ4v) is 4.30. The van der Waals surface area contributed by atoms with Gasteiger partial charge in [-0.3, -0.25) is 9.59 Å². The van der Waals surface area contributed by atoms with Gasteiger partial charge < -0.3 is 19.7 Å². The summed E-state index contributed by atoms with van der Waals surface area (Å²) in [4.78, 5) is 28.5. The zero-order chi connectivity index (χ0) is 27.3. The standard InChI is InChI=1S/C31H37FN2O4/c1-4-33-31(36)27(20-23-12-8-7-9-13-23)34(22-25-14-10-11-15-26(25)32)30(35)19-17-24-16-18-28(37-5-2)29(21-24)38-6-3/h7-16,18,21,27H,4-6,17,19-20,22H2,1-3H3,(H,33,36)/t27-/m1/s1. The molecule has 202 valence electrons. The fourth-order valence-electron chi connectivity index (χ4n) is 4.30. The number of nitrogens with zero attached hydrogens (tertiary/aromatic N) is 1. The molecule has 1 N–H and O–H groups in total. The first kappa shape index (κ1) is 28.7. The highest BCUT2D eigenvalue weighted by Gasteiger charge is 2.30. The van der Waals surface area contributed by atoms with E-state index >= 15 is 0 Å². The highest BCUT2D eigenvalue weighted by Crippen LogP contribution is 2.29. The number of nitrogens with one attached hydrogen (secondary N) is 1. The molecule has 2 amide bonds. The smallest absolute Gasteiger partial charge is 0.243 e. The van der Waals surface area contributed by atoms with Crippen LogP contribution in [0.3, 0.4) is 0 Å². The van der Waals surface area contributed by atoms with E-state index in [1.807, 2.05) is 69.3 Å². The molecule has 6 nitrogen and oxygen atoms in total. The molecule has 3 aromatic carbocycles. The number of amides is 2. The summed E-state index contributed by atoms with van der Waals surface area (Å²) >= 11 is 0. The molecule has 0 saturated carbocycles. The van der Waals surface area contributed by atoms with Crippen LogP contribution < -0.4 is 14.8 Å². The predicted octanol–water partition coefficient (Wildman–Crippen LogP) is 5.33. The molecule has 0 spiro atoms. The van der Waals surface area contributed by atoms with Crippen LogP contribution in [0.25, 0.3) is 0 Å². The van der Waals surface area contributed by atoms with Crippen molar-refractivity contribution in [1.82, 2.24) is 10.2 Å². The van der Waals surface area contributed by atoms with E-state index in [4.69, 9.17) is 9.47 Å². The van der Waals surface area contributed by atoms with Crippen molar-refractivity contribution in [3.05, 3.63) is 95.3 Å². The molecule has 0 aliphatic heterocycles. The van der Waals surface area contributed by atoms with E-state index in [0.29, 0.717) is 49.7 Å². The van der Waals surface area contributed by atoms with Crippen molar-refractivity contribution in [2.24, 2.45) is 0 Å². The Kier molecular flexibility index (Phi) is 11.1. The molecule has 7 heteroatoms. The SMILES string of the molecule is CCNC(=O)[C@@H](Cc1ccccc1)N(Cc1ccccc1F)C(=O)CCc1ccc(OCC)c(OCC)c1. The minimum absolute atomic E-state index is 0.00633. The number of hydrogen-bond acceptors (Lipinski definition) is 4. The first-order chi connectivity index (χ1) is 18.5. The number of rotatable bonds is 14. The van der Waals surface area contributed by atoms with Gasteiger partial charge in [0.1, 0.15) is 11.9 Å². The van der Waals surface area contributed by atoms with E-state index in [1.165, 1.54) is 11.0 Å². The first-order valence-corrected chi connectivity index (χ1v) is 13.2. The van der Waals surface area contributed by atoms with Crippen molar-refractivity contribution in [1.29, 1.82) is 0 Å². The van der Waals surface area contributed by atoms with Crippen molar-refractivity contribution in [2.75, 3.05) is 19.8 Å². The van der Waals surface area contributed by atoms with Gasteiger partial charge in [-0.25, -0.2) is 4.39 Å². The number of benzene rings is 3. The molecule has 0 aliphatic rings. The summed E-state index contributed by atoms with van der Waals surface area (Å²) in [6.07, 6.45) is 0.912. The number of halogens is 1. The summed E-state index contributed by atoms with van der Waals surface area (Å²) < 4.78 is 26.0. The number of carbonyl (C=O) groups is 2. The molecule has 1 atom stereocenters. The lowest BCUT2D eigenvalue weighted by atomic mass is 10.0. The van der Waals surface area contributed by atoms with Crippen molar-refractivity contribution >= 4 is 11.8 Å². The zero-order valence-corrected chi connectivity index (χ0v) is 22.4. The maximum Gasteiger partial charge on any atom is 0.243 e. The average Bonchev–Trinajstić information content (AvgIpc) is 2.92. The number of aryl methyl sites for hydroxylation is 1. The molecule has 0 aromatic heterocycles. The van der Waals surface area contributed by atoms with Crippen LogP contribution in [0.5, 0.6) is 11.5 Å². The fraction of sp³-hybridized carbons (Fsp3) is 0.355.